The maximum atomic E-state index is 5.24. The smallest absolute Gasteiger partial charge is 0.126 e. The molecule has 0 saturated carbocycles. The van der Waals surface area contributed by atoms with Crippen molar-refractivity contribution in [2.24, 2.45) is 0 Å². The molecule has 0 aliphatic heterocycles. The predicted molar refractivity (Wildman–Crippen MR) is 65.3 cm³/mol. The van der Waals surface area contributed by atoms with Gasteiger partial charge in [0.25, 0.3) is 0 Å². The molecule has 0 radical (unpaired) electrons. The lowest BCUT2D eigenvalue weighted by Crippen LogP contribution is -2.23. The lowest BCUT2D eigenvalue weighted by molar-refractivity contribution is 0.413. The molecule has 0 bridgehead atoms. The number of hydrogen-bond acceptors (Lipinski definition) is 2. The van der Waals surface area contributed by atoms with Gasteiger partial charge >= 0.3 is 0 Å². The number of likely N-dealkylation sites (N-methyl/N-ethyl adjacent to an activating group) is 1. The quantitative estimate of drug-likeness (QED) is 0.797. The summed E-state index contributed by atoms with van der Waals surface area (Å²) in [6, 6.07) is 6.70. The number of nitrogens with one attached hydrogen (secondary N) is 1. The van der Waals surface area contributed by atoms with Crippen LogP contribution in [-0.4, -0.2) is 20.2 Å². The SMILES string of the molecule is C=Cc1cc(CC(C)NC)ccc1OC. The van der Waals surface area contributed by atoms with Crippen LogP contribution in [-0.2, 0) is 6.42 Å². The summed E-state index contributed by atoms with van der Waals surface area (Å²) in [7, 11) is 3.65. The van der Waals surface area contributed by atoms with Crippen LogP contribution in [0.2, 0.25) is 0 Å². The first-order chi connectivity index (χ1) is 7.21. The minimum atomic E-state index is 0.482. The van der Waals surface area contributed by atoms with Gasteiger partial charge in [0.1, 0.15) is 5.75 Å². The zero-order valence-corrected chi connectivity index (χ0v) is 9.71. The van der Waals surface area contributed by atoms with E-state index in [1.807, 2.05) is 19.2 Å². The number of rotatable bonds is 5. The highest BCUT2D eigenvalue weighted by Crippen LogP contribution is 2.21. The van der Waals surface area contributed by atoms with Crippen LogP contribution in [0.15, 0.2) is 24.8 Å². The van der Waals surface area contributed by atoms with E-state index in [0.717, 1.165) is 17.7 Å². The van der Waals surface area contributed by atoms with Crippen LogP contribution >= 0.6 is 0 Å². The van der Waals surface area contributed by atoms with Gasteiger partial charge in [-0.3, -0.25) is 0 Å². The lowest BCUT2D eigenvalue weighted by Gasteiger charge is -2.12. The first-order valence-electron chi connectivity index (χ1n) is 5.18. The summed E-state index contributed by atoms with van der Waals surface area (Å²) in [5.74, 6) is 0.880. The maximum Gasteiger partial charge on any atom is 0.126 e. The van der Waals surface area contributed by atoms with E-state index in [1.165, 1.54) is 5.56 Å². The molecule has 82 valence electrons. The van der Waals surface area contributed by atoms with Gasteiger partial charge < -0.3 is 10.1 Å². The molecule has 0 aliphatic carbocycles. The fourth-order valence-corrected chi connectivity index (χ4v) is 1.53. The van der Waals surface area contributed by atoms with Gasteiger partial charge in [-0.15, -0.1) is 0 Å². The number of benzene rings is 1. The largest absolute Gasteiger partial charge is 0.496 e. The van der Waals surface area contributed by atoms with E-state index < -0.39 is 0 Å². The average Bonchev–Trinajstić information content (AvgIpc) is 2.28. The first-order valence-corrected chi connectivity index (χ1v) is 5.18. The van der Waals surface area contributed by atoms with Crippen molar-refractivity contribution in [2.45, 2.75) is 19.4 Å². The third-order valence-electron chi connectivity index (χ3n) is 2.55. The first kappa shape index (κ1) is 11.8. The molecule has 0 heterocycles. The topological polar surface area (TPSA) is 21.3 Å². The van der Waals surface area contributed by atoms with Gasteiger partial charge in [0.2, 0.25) is 0 Å². The van der Waals surface area contributed by atoms with Crippen molar-refractivity contribution < 1.29 is 4.74 Å². The molecule has 2 nitrogen and oxygen atoms in total. The van der Waals surface area contributed by atoms with E-state index in [-0.39, 0.29) is 0 Å². The fraction of sp³-hybridized carbons (Fsp3) is 0.385. The molecule has 1 atom stereocenters. The number of ether oxygens (including phenoxy) is 1. The highest BCUT2D eigenvalue weighted by Gasteiger charge is 2.04. The summed E-state index contributed by atoms with van der Waals surface area (Å²) in [5, 5.41) is 3.22. The van der Waals surface area contributed by atoms with Crippen molar-refractivity contribution in [3.63, 3.8) is 0 Å². The second-order valence-corrected chi connectivity index (χ2v) is 3.67. The van der Waals surface area contributed by atoms with Gasteiger partial charge in [0, 0.05) is 11.6 Å². The molecule has 0 aliphatic rings. The molecular formula is C13H19NO. The second kappa shape index (κ2) is 5.56. The summed E-state index contributed by atoms with van der Waals surface area (Å²) in [6.07, 6.45) is 2.84. The standard InChI is InChI=1S/C13H19NO/c1-5-12-9-11(8-10(2)14-3)6-7-13(12)15-4/h5-7,9-10,14H,1,8H2,2-4H3. The summed E-state index contributed by atoms with van der Waals surface area (Å²) in [4.78, 5) is 0. The zero-order valence-electron chi connectivity index (χ0n) is 9.71. The molecule has 1 unspecified atom stereocenters. The molecule has 1 N–H and O–H groups in total. The molecule has 0 spiro atoms. The molecule has 0 aromatic heterocycles. The molecule has 1 rings (SSSR count). The Bertz CT molecular complexity index is 333. The Balaban J connectivity index is 2.88. The van der Waals surface area contributed by atoms with Crippen molar-refractivity contribution >= 4 is 6.08 Å². The Morgan fingerprint density at radius 3 is 2.80 bits per heavy atom. The minimum Gasteiger partial charge on any atom is -0.496 e. The van der Waals surface area contributed by atoms with Gasteiger partial charge in [-0.25, -0.2) is 0 Å². The Labute approximate surface area is 92.0 Å². The monoisotopic (exact) mass is 205 g/mol. The molecule has 15 heavy (non-hydrogen) atoms. The van der Waals surface area contributed by atoms with Crippen LogP contribution < -0.4 is 10.1 Å². The van der Waals surface area contributed by atoms with Gasteiger partial charge in [0.15, 0.2) is 0 Å². The van der Waals surface area contributed by atoms with Crippen LogP contribution in [0.5, 0.6) is 5.75 Å². The van der Waals surface area contributed by atoms with Gasteiger partial charge in [-0.1, -0.05) is 18.7 Å². The highest BCUT2D eigenvalue weighted by atomic mass is 16.5. The molecule has 1 aromatic rings. The van der Waals surface area contributed by atoms with Crippen molar-refractivity contribution in [1.82, 2.24) is 5.32 Å². The zero-order chi connectivity index (χ0) is 11.3. The Hall–Kier alpha value is -1.28. The predicted octanol–water partition coefficient (Wildman–Crippen LogP) is 2.49. The van der Waals surface area contributed by atoms with E-state index >= 15 is 0 Å². The summed E-state index contributed by atoms with van der Waals surface area (Å²) < 4.78 is 5.24. The van der Waals surface area contributed by atoms with E-state index in [2.05, 4.69) is 31.0 Å². The Morgan fingerprint density at radius 1 is 1.53 bits per heavy atom. The van der Waals surface area contributed by atoms with Gasteiger partial charge in [-0.2, -0.15) is 0 Å². The highest BCUT2D eigenvalue weighted by molar-refractivity contribution is 5.56. The number of hydrogen-bond donors (Lipinski definition) is 1. The average molecular weight is 205 g/mol. The molecule has 0 saturated heterocycles. The second-order valence-electron chi connectivity index (χ2n) is 3.67. The van der Waals surface area contributed by atoms with Crippen LogP contribution in [0.1, 0.15) is 18.1 Å². The fourth-order valence-electron chi connectivity index (χ4n) is 1.53. The van der Waals surface area contributed by atoms with E-state index in [1.54, 1.807) is 7.11 Å². The minimum absolute atomic E-state index is 0.482. The molecule has 2 heteroatoms. The maximum absolute atomic E-state index is 5.24. The van der Waals surface area contributed by atoms with Crippen LogP contribution in [0.25, 0.3) is 6.08 Å². The third kappa shape index (κ3) is 3.10. The summed E-state index contributed by atoms with van der Waals surface area (Å²) >= 11 is 0. The Kier molecular flexibility index (Phi) is 4.37. The molecule has 0 fully saturated rings. The summed E-state index contributed by atoms with van der Waals surface area (Å²) in [5.41, 5.74) is 2.35. The third-order valence-corrected chi connectivity index (χ3v) is 2.55. The van der Waals surface area contributed by atoms with Crippen molar-refractivity contribution in [3.8, 4) is 5.75 Å². The molecule has 0 amide bonds. The van der Waals surface area contributed by atoms with E-state index in [4.69, 9.17) is 4.74 Å². The Morgan fingerprint density at radius 2 is 2.27 bits per heavy atom. The van der Waals surface area contributed by atoms with Crippen molar-refractivity contribution in [1.29, 1.82) is 0 Å². The number of methoxy groups -OCH3 is 1. The normalized spacial score (nSPS) is 12.2. The van der Waals surface area contributed by atoms with Gasteiger partial charge in [-0.05, 0) is 38.1 Å². The van der Waals surface area contributed by atoms with Crippen molar-refractivity contribution in [3.05, 3.63) is 35.9 Å². The molecular weight excluding hydrogens is 186 g/mol. The van der Waals surface area contributed by atoms with Crippen LogP contribution in [0, 0.1) is 0 Å². The summed E-state index contributed by atoms with van der Waals surface area (Å²) in [6.45, 7) is 5.95. The van der Waals surface area contributed by atoms with Gasteiger partial charge in [0.05, 0.1) is 7.11 Å². The van der Waals surface area contributed by atoms with E-state index in [0.29, 0.717) is 6.04 Å². The van der Waals surface area contributed by atoms with Crippen molar-refractivity contribution in [2.75, 3.05) is 14.2 Å². The molecule has 1 aromatic carbocycles. The lowest BCUT2D eigenvalue weighted by atomic mass is 10.0. The van der Waals surface area contributed by atoms with Crippen LogP contribution in [0.4, 0.5) is 0 Å². The van der Waals surface area contributed by atoms with E-state index in [9.17, 15) is 0 Å². The van der Waals surface area contributed by atoms with Crippen LogP contribution in [0.3, 0.4) is 0 Å².